The summed E-state index contributed by atoms with van der Waals surface area (Å²) in [5.41, 5.74) is 14.0. The molecule has 0 aliphatic rings. The number of aryl methyl sites for hydroxylation is 2. The molecule has 308 valence electrons. The van der Waals surface area contributed by atoms with Crippen LogP contribution in [-0.2, 0) is 9.13 Å². The molecule has 2 aromatic heterocycles. The third-order valence-corrected chi connectivity index (χ3v) is 13.4. The second-order valence-corrected chi connectivity index (χ2v) is 22.8. The van der Waals surface area contributed by atoms with Gasteiger partial charge in [-0.3, -0.25) is 0 Å². The highest BCUT2D eigenvalue weighted by molar-refractivity contribution is 9.11. The molecule has 2 heterocycles. The summed E-state index contributed by atoms with van der Waals surface area (Å²) in [6, 6.07) is 28.0. The Balaban J connectivity index is 0.000000241. The lowest BCUT2D eigenvalue weighted by atomic mass is 10.0. The maximum absolute atomic E-state index is 12.9. The van der Waals surface area contributed by atoms with Gasteiger partial charge in [0.2, 0.25) is 10.6 Å². The fourth-order valence-electron chi connectivity index (χ4n) is 5.27. The van der Waals surface area contributed by atoms with Gasteiger partial charge in [-0.05, 0) is 160 Å². The monoisotopic (exact) mass is 1010 g/mol. The minimum absolute atomic E-state index is 0.143. The lowest BCUT2D eigenvalue weighted by molar-refractivity contribution is 0.287. The van der Waals surface area contributed by atoms with E-state index in [1.165, 1.54) is 17.3 Å². The fourth-order valence-corrected chi connectivity index (χ4v) is 8.49. The van der Waals surface area contributed by atoms with Crippen molar-refractivity contribution < 1.29 is 14.2 Å². The molecule has 0 aliphatic carbocycles. The second-order valence-electron chi connectivity index (χ2n) is 13.7. The van der Waals surface area contributed by atoms with Gasteiger partial charge in [0, 0.05) is 35.3 Å². The number of anilines is 3. The quantitative estimate of drug-likeness (QED) is 0.0587. The lowest BCUT2D eigenvalue weighted by Crippen LogP contribution is -2.11. The fraction of sp³-hybridized carbons (Fsp3) is 0.238. The molecule has 4 aromatic carbocycles. The van der Waals surface area contributed by atoms with Crippen LogP contribution in [-0.4, -0.2) is 58.3 Å². The van der Waals surface area contributed by atoms with Crippen molar-refractivity contribution in [2.45, 2.75) is 33.6 Å². The molecule has 6 aromatic rings. The molecule has 0 unspecified atom stereocenters. The molecule has 0 radical (unpaired) electrons. The van der Waals surface area contributed by atoms with Crippen LogP contribution in [0.3, 0.4) is 0 Å². The Morgan fingerprint density at radius 2 is 1.19 bits per heavy atom. The number of hydrogen-bond acceptors (Lipinski definition) is 9. The molecule has 0 atom stereocenters. The minimum Gasteiger partial charge on any atom is -0.398 e. The molecule has 9 nitrogen and oxygen atoms in total. The normalized spacial score (nSPS) is 10.9. The minimum atomic E-state index is -2.54. The van der Waals surface area contributed by atoms with E-state index in [4.69, 9.17) is 45.6 Å². The van der Waals surface area contributed by atoms with Gasteiger partial charge >= 0.3 is 0 Å². The number of halogens is 5. The smallest absolute Gasteiger partial charge is 0.224 e. The van der Waals surface area contributed by atoms with Crippen LogP contribution in [0.4, 0.5) is 17.2 Å². The van der Waals surface area contributed by atoms with Crippen LogP contribution < -0.4 is 21.7 Å². The summed E-state index contributed by atoms with van der Waals surface area (Å²) < 4.78 is 26.5. The Labute approximate surface area is 373 Å². The van der Waals surface area contributed by atoms with E-state index in [2.05, 4.69) is 102 Å². The first-order valence-corrected chi connectivity index (χ1v) is 25.8. The first-order chi connectivity index (χ1) is 27.3. The van der Waals surface area contributed by atoms with Crippen molar-refractivity contribution in [1.29, 1.82) is 0 Å². The van der Waals surface area contributed by atoms with Gasteiger partial charge < -0.3 is 25.3 Å². The van der Waals surface area contributed by atoms with Crippen molar-refractivity contribution in [1.82, 2.24) is 19.9 Å². The Morgan fingerprint density at radius 1 is 0.707 bits per heavy atom. The highest BCUT2D eigenvalue weighted by Gasteiger charge is 2.19. The van der Waals surface area contributed by atoms with Gasteiger partial charge in [-0.1, -0.05) is 85.6 Å². The molecular weight excluding hydrogens is 965 g/mol. The number of rotatable bonds is 8. The Bertz CT molecular complexity index is 2410. The molecule has 58 heavy (non-hydrogen) atoms. The molecule has 0 saturated heterocycles. The number of aliphatic hydroxyl groups excluding tert-OH is 1. The number of nitrogen functional groups attached to an aromatic ring is 1. The summed E-state index contributed by atoms with van der Waals surface area (Å²) >= 11 is 23.3. The predicted molar refractivity (Wildman–Crippen MR) is 256 cm³/mol. The van der Waals surface area contributed by atoms with Gasteiger partial charge in [-0.15, -0.1) is 0 Å². The van der Waals surface area contributed by atoms with Crippen LogP contribution in [0.2, 0.25) is 15.7 Å². The predicted octanol–water partition coefficient (Wildman–Crippen LogP) is 12.7. The standard InChI is InChI=1S/C19H18BrClN3OP.C15H18NOP.C4HBrCl2N2.C4H10O/c1-12-6-4-5-7-14(12)13-8-9-16(17(10-13)26(2,3)25)23-18-15(20)11-22-19(21)24-18;1-11-6-4-5-7-13(11)12-8-9-14(16)15(10-12)18(2,3)17;5-2-1-8-4(7)9-3(2)6;1-2-3-4-5/h4-11H,1-3H3,(H,22,23,24);4-10H,16H2,1-3H3;1H;5H,2-4H2,1H3. The second kappa shape index (κ2) is 23.0. The van der Waals surface area contributed by atoms with Gasteiger partial charge in [0.15, 0.2) is 0 Å². The van der Waals surface area contributed by atoms with E-state index in [-0.39, 0.29) is 10.6 Å². The van der Waals surface area contributed by atoms with Gasteiger partial charge in [0.05, 0.1) is 14.6 Å². The van der Waals surface area contributed by atoms with Crippen molar-refractivity contribution in [3.05, 3.63) is 133 Å². The third kappa shape index (κ3) is 15.2. The number of nitrogens with two attached hydrogens (primary N) is 1. The van der Waals surface area contributed by atoms with Crippen LogP contribution in [0.1, 0.15) is 30.9 Å². The topological polar surface area (TPSA) is 144 Å². The molecule has 0 saturated carbocycles. The van der Waals surface area contributed by atoms with Crippen molar-refractivity contribution in [2.24, 2.45) is 0 Å². The number of unbranched alkanes of at least 4 members (excludes halogenated alkanes) is 1. The van der Waals surface area contributed by atoms with Gasteiger partial charge in [-0.25, -0.2) is 15.0 Å². The van der Waals surface area contributed by atoms with Gasteiger partial charge in [0.25, 0.3) is 0 Å². The van der Waals surface area contributed by atoms with Crippen molar-refractivity contribution in [2.75, 3.05) is 44.3 Å². The summed E-state index contributed by atoms with van der Waals surface area (Å²) in [7, 11) is -4.88. The van der Waals surface area contributed by atoms with E-state index in [1.54, 1.807) is 32.9 Å². The zero-order valence-corrected chi connectivity index (χ0v) is 40.5. The zero-order valence-electron chi connectivity index (χ0n) is 33.3. The molecule has 4 N–H and O–H groups in total. The van der Waals surface area contributed by atoms with Gasteiger partial charge in [0.1, 0.15) is 25.3 Å². The van der Waals surface area contributed by atoms with Crippen LogP contribution in [0, 0.1) is 13.8 Å². The zero-order chi connectivity index (χ0) is 43.2. The number of hydrogen-bond donors (Lipinski definition) is 3. The summed E-state index contributed by atoms with van der Waals surface area (Å²) in [5, 5.41) is 13.5. The third-order valence-electron chi connectivity index (χ3n) is 8.25. The number of aliphatic hydroxyl groups is 1. The summed E-state index contributed by atoms with van der Waals surface area (Å²) in [6.45, 7) is 13.6. The summed E-state index contributed by atoms with van der Waals surface area (Å²) in [5.74, 6) is 0.531. The SMILES string of the molecule is CCCCO.Cc1ccccc1-c1ccc(N)c(P(C)(C)=O)c1.Cc1ccccc1-c1ccc(Nc2nc(Cl)ncc2Br)c(P(C)(C)=O)c1.Clc1ncc(Br)c(Cl)n1. The molecule has 0 spiro atoms. The average Bonchev–Trinajstić information content (AvgIpc) is 3.16. The van der Waals surface area contributed by atoms with Crippen molar-refractivity contribution >= 4 is 109 Å². The first-order valence-electron chi connectivity index (χ1n) is 17.9. The Hall–Kier alpha value is -3.11. The van der Waals surface area contributed by atoms with E-state index < -0.39 is 14.3 Å². The highest BCUT2D eigenvalue weighted by atomic mass is 79.9. The molecule has 16 heteroatoms. The first kappa shape index (κ1) is 49.3. The largest absolute Gasteiger partial charge is 0.398 e. The van der Waals surface area contributed by atoms with E-state index in [9.17, 15) is 9.13 Å². The molecule has 0 amide bonds. The summed E-state index contributed by atoms with van der Waals surface area (Å²) in [6.07, 6.45) is 5.12. The number of nitrogens with zero attached hydrogens (tertiary/aromatic N) is 4. The van der Waals surface area contributed by atoms with Crippen LogP contribution >= 0.6 is 80.9 Å². The molecule has 0 fully saturated rings. The molecule has 6 rings (SSSR count). The van der Waals surface area contributed by atoms with E-state index in [0.717, 1.165) is 51.4 Å². The number of nitrogens with one attached hydrogen (secondary N) is 1. The van der Waals surface area contributed by atoms with E-state index >= 15 is 0 Å². The molecular formula is C42H47Br2Cl3N6O3P2. The highest BCUT2D eigenvalue weighted by Crippen LogP contribution is 2.41. The maximum atomic E-state index is 12.9. The van der Waals surface area contributed by atoms with E-state index in [1.807, 2.05) is 60.7 Å². The molecule has 0 bridgehead atoms. The lowest BCUT2D eigenvalue weighted by Gasteiger charge is -2.17. The van der Waals surface area contributed by atoms with Crippen LogP contribution in [0.25, 0.3) is 22.3 Å². The maximum Gasteiger partial charge on any atom is 0.224 e. The van der Waals surface area contributed by atoms with Gasteiger partial charge in [-0.2, -0.15) is 4.98 Å². The van der Waals surface area contributed by atoms with Crippen LogP contribution in [0.15, 0.2) is 106 Å². The Kier molecular flexibility index (Phi) is 19.6. The number of aromatic nitrogens is 4. The average molecular weight is 1010 g/mol. The summed E-state index contributed by atoms with van der Waals surface area (Å²) in [4.78, 5) is 15.4. The van der Waals surface area contributed by atoms with Crippen molar-refractivity contribution in [3.63, 3.8) is 0 Å². The number of benzene rings is 4. The van der Waals surface area contributed by atoms with Crippen molar-refractivity contribution in [3.8, 4) is 22.3 Å². The van der Waals surface area contributed by atoms with E-state index in [0.29, 0.717) is 32.2 Å². The molecule has 0 aliphatic heterocycles. The van der Waals surface area contributed by atoms with Crippen LogP contribution in [0.5, 0.6) is 0 Å². The Morgan fingerprint density at radius 3 is 1.64 bits per heavy atom.